The number of non-ortho nitro benzene ring substituents is 1. The largest absolute Gasteiger partial charge is 0.506 e. The second kappa shape index (κ2) is 8.30. The van der Waals surface area contributed by atoms with Crippen LogP contribution in [0.2, 0.25) is 0 Å². The maximum absolute atomic E-state index is 12.2. The summed E-state index contributed by atoms with van der Waals surface area (Å²) in [6.07, 6.45) is 1.10. The zero-order valence-corrected chi connectivity index (χ0v) is 15.3. The molecule has 136 valence electrons. The number of carbonyl (C=O) groups is 1. The third kappa shape index (κ3) is 4.28. The second-order valence-corrected chi connectivity index (χ2v) is 5.74. The van der Waals surface area contributed by atoms with Gasteiger partial charge in [0.05, 0.1) is 35.4 Å². The molecule has 1 amide bonds. The van der Waals surface area contributed by atoms with Crippen molar-refractivity contribution in [3.63, 3.8) is 0 Å². The highest BCUT2D eigenvalue weighted by Gasteiger charge is 2.15. The highest BCUT2D eigenvalue weighted by atomic mass is 79.9. The zero-order valence-electron chi connectivity index (χ0n) is 13.7. The highest BCUT2D eigenvalue weighted by molar-refractivity contribution is 9.10. The van der Waals surface area contributed by atoms with Crippen LogP contribution in [-0.4, -0.2) is 36.4 Å². The van der Waals surface area contributed by atoms with E-state index in [4.69, 9.17) is 9.47 Å². The molecule has 2 rings (SSSR count). The number of phenolic OH excluding ortho intramolecular Hbond substituents is 1. The standard InChI is InChI=1S/C16H14BrN3O6/c1-25-11-3-4-12(14(7-11)26-2)16(22)19-18-8-9-5-10(20(23)24)6-13(17)15(9)21/h3-8,21H,1-2H3,(H,19,22)/b18-8+. The molecule has 0 spiro atoms. The van der Waals surface area contributed by atoms with Gasteiger partial charge in [0.1, 0.15) is 17.2 Å². The molecular weight excluding hydrogens is 410 g/mol. The molecule has 26 heavy (non-hydrogen) atoms. The van der Waals surface area contributed by atoms with Gasteiger partial charge in [0.25, 0.3) is 11.6 Å². The smallest absolute Gasteiger partial charge is 0.275 e. The number of halogens is 1. The molecule has 9 nitrogen and oxygen atoms in total. The molecule has 2 N–H and O–H groups in total. The number of aromatic hydroxyl groups is 1. The molecule has 0 aliphatic rings. The van der Waals surface area contributed by atoms with Gasteiger partial charge in [-0.25, -0.2) is 5.43 Å². The first-order chi connectivity index (χ1) is 12.4. The van der Waals surface area contributed by atoms with E-state index in [1.807, 2.05) is 0 Å². The quantitative estimate of drug-likeness (QED) is 0.418. The Morgan fingerprint density at radius 2 is 2.04 bits per heavy atom. The predicted molar refractivity (Wildman–Crippen MR) is 97.1 cm³/mol. The zero-order chi connectivity index (χ0) is 19.3. The van der Waals surface area contributed by atoms with E-state index in [9.17, 15) is 20.0 Å². The van der Waals surface area contributed by atoms with Crippen molar-refractivity contribution < 1.29 is 24.3 Å². The maximum atomic E-state index is 12.2. The van der Waals surface area contributed by atoms with E-state index in [-0.39, 0.29) is 32.8 Å². The van der Waals surface area contributed by atoms with Gasteiger partial charge in [0.15, 0.2) is 0 Å². The molecule has 0 bridgehead atoms. The number of amides is 1. The molecule has 0 fully saturated rings. The number of hydrazone groups is 1. The Labute approximate surface area is 156 Å². The lowest BCUT2D eigenvalue weighted by molar-refractivity contribution is -0.385. The lowest BCUT2D eigenvalue weighted by atomic mass is 10.2. The van der Waals surface area contributed by atoms with Crippen molar-refractivity contribution in [3.8, 4) is 17.2 Å². The summed E-state index contributed by atoms with van der Waals surface area (Å²) in [5.74, 6) is 0.00614. The van der Waals surface area contributed by atoms with Crippen LogP contribution in [-0.2, 0) is 0 Å². The van der Waals surface area contributed by atoms with Crippen molar-refractivity contribution >= 4 is 33.7 Å². The molecule has 2 aromatic rings. The minimum atomic E-state index is -0.609. The third-order valence-corrected chi connectivity index (χ3v) is 3.92. The van der Waals surface area contributed by atoms with Crippen LogP contribution in [0, 0.1) is 10.1 Å². The molecular formula is C16H14BrN3O6. The lowest BCUT2D eigenvalue weighted by Gasteiger charge is -2.09. The molecule has 0 unspecified atom stereocenters. The van der Waals surface area contributed by atoms with E-state index in [0.29, 0.717) is 5.75 Å². The van der Waals surface area contributed by atoms with Crippen molar-refractivity contribution in [2.75, 3.05) is 14.2 Å². The topological polar surface area (TPSA) is 123 Å². The van der Waals surface area contributed by atoms with Crippen molar-refractivity contribution in [1.82, 2.24) is 5.43 Å². The van der Waals surface area contributed by atoms with E-state index >= 15 is 0 Å². The van der Waals surface area contributed by atoms with Crippen LogP contribution in [0.4, 0.5) is 5.69 Å². The number of hydrogen-bond acceptors (Lipinski definition) is 7. The SMILES string of the molecule is COc1ccc(C(=O)N/N=C/c2cc([N+](=O)[O-])cc(Br)c2O)c(OC)c1. The number of benzene rings is 2. The number of rotatable bonds is 6. The Hall–Kier alpha value is -3.14. The molecule has 0 radical (unpaired) electrons. The summed E-state index contributed by atoms with van der Waals surface area (Å²) in [7, 11) is 2.90. The van der Waals surface area contributed by atoms with E-state index in [2.05, 4.69) is 26.5 Å². The predicted octanol–water partition coefficient (Wildman–Crippen LogP) is 2.84. The molecule has 0 saturated carbocycles. The van der Waals surface area contributed by atoms with Gasteiger partial charge >= 0.3 is 0 Å². The number of nitro benzene ring substituents is 1. The van der Waals surface area contributed by atoms with Crippen LogP contribution in [0.3, 0.4) is 0 Å². The molecule has 0 saturated heterocycles. The number of hydrogen-bond donors (Lipinski definition) is 2. The Bertz CT molecular complexity index is 885. The molecule has 0 aromatic heterocycles. The van der Waals surface area contributed by atoms with Gasteiger partial charge in [-0.15, -0.1) is 0 Å². The van der Waals surface area contributed by atoms with Gasteiger partial charge in [-0.1, -0.05) is 0 Å². The summed E-state index contributed by atoms with van der Waals surface area (Å²) >= 11 is 3.02. The second-order valence-electron chi connectivity index (χ2n) is 4.89. The monoisotopic (exact) mass is 423 g/mol. The molecule has 0 aliphatic carbocycles. The normalized spacial score (nSPS) is 10.6. The van der Waals surface area contributed by atoms with Crippen LogP contribution in [0.1, 0.15) is 15.9 Å². The Morgan fingerprint density at radius 1 is 1.31 bits per heavy atom. The van der Waals surface area contributed by atoms with E-state index in [0.717, 1.165) is 18.3 Å². The Balaban J connectivity index is 2.21. The van der Waals surface area contributed by atoms with E-state index < -0.39 is 10.8 Å². The van der Waals surface area contributed by atoms with Crippen LogP contribution in [0.15, 0.2) is 39.9 Å². The third-order valence-electron chi connectivity index (χ3n) is 3.31. The minimum Gasteiger partial charge on any atom is -0.506 e. The molecule has 0 heterocycles. The summed E-state index contributed by atoms with van der Waals surface area (Å²) < 4.78 is 10.3. The first-order valence-corrected chi connectivity index (χ1v) is 7.89. The number of nitrogens with one attached hydrogen (secondary N) is 1. The number of nitrogens with zero attached hydrogens (tertiary/aromatic N) is 2. The van der Waals surface area contributed by atoms with Crippen LogP contribution < -0.4 is 14.9 Å². The van der Waals surface area contributed by atoms with E-state index in [1.165, 1.54) is 20.3 Å². The number of nitro groups is 1. The van der Waals surface area contributed by atoms with E-state index in [1.54, 1.807) is 12.1 Å². The van der Waals surface area contributed by atoms with Crippen LogP contribution >= 0.6 is 15.9 Å². The first-order valence-electron chi connectivity index (χ1n) is 7.09. The highest BCUT2D eigenvalue weighted by Crippen LogP contribution is 2.31. The van der Waals surface area contributed by atoms with Gasteiger partial charge in [-0.2, -0.15) is 5.10 Å². The Kier molecular flexibility index (Phi) is 6.12. The van der Waals surface area contributed by atoms with Gasteiger partial charge in [0.2, 0.25) is 0 Å². The van der Waals surface area contributed by atoms with Crippen molar-refractivity contribution in [1.29, 1.82) is 0 Å². The molecule has 2 aromatic carbocycles. The lowest BCUT2D eigenvalue weighted by Crippen LogP contribution is -2.18. The molecule has 10 heteroatoms. The van der Waals surface area contributed by atoms with Gasteiger partial charge in [0, 0.05) is 23.8 Å². The number of ether oxygens (including phenoxy) is 2. The van der Waals surface area contributed by atoms with Crippen molar-refractivity contribution in [2.45, 2.75) is 0 Å². The molecule has 0 atom stereocenters. The van der Waals surface area contributed by atoms with Crippen LogP contribution in [0.25, 0.3) is 0 Å². The molecule has 0 aliphatic heterocycles. The summed E-state index contributed by atoms with van der Waals surface area (Å²) in [6.45, 7) is 0. The number of methoxy groups -OCH3 is 2. The maximum Gasteiger partial charge on any atom is 0.275 e. The first kappa shape index (κ1) is 19.2. The summed E-state index contributed by atoms with van der Waals surface area (Å²) in [4.78, 5) is 22.5. The van der Waals surface area contributed by atoms with Crippen molar-refractivity contribution in [2.24, 2.45) is 5.10 Å². The summed E-state index contributed by atoms with van der Waals surface area (Å²) in [6, 6.07) is 6.92. The number of carbonyl (C=O) groups excluding carboxylic acids is 1. The Morgan fingerprint density at radius 3 is 2.65 bits per heavy atom. The van der Waals surface area contributed by atoms with Gasteiger partial charge in [-0.3, -0.25) is 14.9 Å². The van der Waals surface area contributed by atoms with Gasteiger partial charge < -0.3 is 14.6 Å². The average Bonchev–Trinajstić information content (AvgIpc) is 2.63. The van der Waals surface area contributed by atoms with Crippen LogP contribution in [0.5, 0.6) is 17.2 Å². The van der Waals surface area contributed by atoms with Gasteiger partial charge in [-0.05, 0) is 28.1 Å². The minimum absolute atomic E-state index is 0.0630. The fourth-order valence-corrected chi connectivity index (χ4v) is 2.48. The summed E-state index contributed by atoms with van der Waals surface area (Å²) in [5.41, 5.74) is 2.31. The number of phenols is 1. The fraction of sp³-hybridized carbons (Fsp3) is 0.125. The fourth-order valence-electron chi connectivity index (χ4n) is 2.02. The van der Waals surface area contributed by atoms with Crippen molar-refractivity contribution in [3.05, 3.63) is 56.0 Å². The summed E-state index contributed by atoms with van der Waals surface area (Å²) in [5, 5.41) is 24.5. The average molecular weight is 424 g/mol.